The van der Waals surface area contributed by atoms with E-state index in [1.54, 1.807) is 17.0 Å². The molecule has 0 aliphatic carbocycles. The van der Waals surface area contributed by atoms with Crippen molar-refractivity contribution in [2.45, 2.75) is 25.7 Å². The molecule has 6 nitrogen and oxygen atoms in total. The van der Waals surface area contributed by atoms with Gasteiger partial charge in [-0.25, -0.2) is 4.98 Å². The number of hydrogen-bond acceptors (Lipinski definition) is 4. The van der Waals surface area contributed by atoms with E-state index in [1.165, 1.54) is 22.7 Å². The second-order valence-corrected chi connectivity index (χ2v) is 7.29. The standard InChI is InChI=1S/C20H15ClF3N3O3/c21-13-3-6-17-25-16-7-8-26(11-15(16)19(29)27(17)10-13)18(28)9-12-1-4-14(5-2-12)30-20(22,23)24/h1-6,10H,7-9,11H2. The number of carbonyl (C=O) groups is 1. The average Bonchev–Trinajstić information content (AvgIpc) is 2.69. The largest absolute Gasteiger partial charge is 0.573 e. The van der Waals surface area contributed by atoms with Crippen molar-refractivity contribution in [2.24, 2.45) is 0 Å². The zero-order chi connectivity index (χ0) is 21.5. The highest BCUT2D eigenvalue weighted by Gasteiger charge is 2.31. The summed E-state index contributed by atoms with van der Waals surface area (Å²) >= 11 is 5.97. The van der Waals surface area contributed by atoms with Gasteiger partial charge in [0, 0.05) is 19.2 Å². The van der Waals surface area contributed by atoms with Gasteiger partial charge in [-0.3, -0.25) is 14.0 Å². The number of benzene rings is 1. The van der Waals surface area contributed by atoms with Gasteiger partial charge in [-0.1, -0.05) is 23.7 Å². The summed E-state index contributed by atoms with van der Waals surface area (Å²) in [5, 5.41) is 0.396. The van der Waals surface area contributed by atoms with Crippen LogP contribution in [0.4, 0.5) is 13.2 Å². The van der Waals surface area contributed by atoms with Gasteiger partial charge in [-0.15, -0.1) is 13.2 Å². The summed E-state index contributed by atoms with van der Waals surface area (Å²) in [4.78, 5) is 31.5. The topological polar surface area (TPSA) is 63.9 Å². The Morgan fingerprint density at radius 3 is 2.60 bits per heavy atom. The van der Waals surface area contributed by atoms with Crippen molar-refractivity contribution in [3.05, 3.63) is 74.8 Å². The number of rotatable bonds is 3. The Morgan fingerprint density at radius 2 is 1.90 bits per heavy atom. The second-order valence-electron chi connectivity index (χ2n) is 6.85. The van der Waals surface area contributed by atoms with E-state index in [0.29, 0.717) is 40.5 Å². The average molecular weight is 438 g/mol. The number of amides is 1. The summed E-state index contributed by atoms with van der Waals surface area (Å²) in [5.74, 6) is -0.587. The van der Waals surface area contributed by atoms with Gasteiger partial charge in [0.15, 0.2) is 0 Å². The fourth-order valence-electron chi connectivity index (χ4n) is 3.38. The van der Waals surface area contributed by atoms with E-state index in [-0.39, 0.29) is 30.2 Å². The molecule has 30 heavy (non-hydrogen) atoms. The number of ether oxygens (including phenoxy) is 1. The second kappa shape index (κ2) is 7.64. The smallest absolute Gasteiger partial charge is 0.406 e. The molecule has 1 aliphatic heterocycles. The van der Waals surface area contributed by atoms with Crippen molar-refractivity contribution in [3.8, 4) is 5.75 Å². The summed E-state index contributed by atoms with van der Waals surface area (Å²) < 4.78 is 41.9. The van der Waals surface area contributed by atoms with Crippen LogP contribution in [0.2, 0.25) is 5.02 Å². The van der Waals surface area contributed by atoms with Crippen molar-refractivity contribution < 1.29 is 22.7 Å². The lowest BCUT2D eigenvalue weighted by atomic mass is 10.0. The van der Waals surface area contributed by atoms with E-state index in [4.69, 9.17) is 11.6 Å². The molecule has 0 atom stereocenters. The lowest BCUT2D eigenvalue weighted by molar-refractivity contribution is -0.274. The number of fused-ring (bicyclic) bond motifs is 2. The van der Waals surface area contributed by atoms with Gasteiger partial charge in [0.25, 0.3) is 5.56 Å². The highest BCUT2D eigenvalue weighted by Crippen LogP contribution is 2.23. The molecule has 0 saturated heterocycles. The number of alkyl halides is 3. The predicted octanol–water partition coefficient (Wildman–Crippen LogP) is 3.37. The van der Waals surface area contributed by atoms with Gasteiger partial charge >= 0.3 is 6.36 Å². The van der Waals surface area contributed by atoms with E-state index >= 15 is 0 Å². The van der Waals surface area contributed by atoms with Crippen LogP contribution in [0, 0.1) is 0 Å². The van der Waals surface area contributed by atoms with Crippen molar-refractivity contribution >= 4 is 23.2 Å². The Labute approximate surface area is 173 Å². The van der Waals surface area contributed by atoms with Crippen molar-refractivity contribution in [1.82, 2.24) is 14.3 Å². The summed E-state index contributed by atoms with van der Waals surface area (Å²) in [6, 6.07) is 8.44. The number of carbonyl (C=O) groups excluding carboxylic acids is 1. The fourth-order valence-corrected chi connectivity index (χ4v) is 3.54. The molecule has 156 valence electrons. The van der Waals surface area contributed by atoms with Gasteiger partial charge in [0.1, 0.15) is 11.4 Å². The van der Waals surface area contributed by atoms with Gasteiger partial charge in [-0.05, 0) is 29.8 Å². The third-order valence-electron chi connectivity index (χ3n) is 4.80. The van der Waals surface area contributed by atoms with Crippen molar-refractivity contribution in [3.63, 3.8) is 0 Å². The normalized spacial score (nSPS) is 13.9. The molecular weight excluding hydrogens is 423 g/mol. The fraction of sp³-hybridized carbons (Fsp3) is 0.250. The first-order valence-electron chi connectivity index (χ1n) is 9.02. The minimum Gasteiger partial charge on any atom is -0.406 e. The molecule has 0 saturated carbocycles. The first kappa shape index (κ1) is 20.2. The zero-order valence-corrected chi connectivity index (χ0v) is 16.2. The molecule has 3 heterocycles. The van der Waals surface area contributed by atoms with Gasteiger partial charge in [-0.2, -0.15) is 0 Å². The molecule has 0 spiro atoms. The molecule has 4 rings (SSSR count). The SMILES string of the molecule is O=C(Cc1ccc(OC(F)(F)F)cc1)N1CCc2nc3ccc(Cl)cn3c(=O)c2C1. The van der Waals surface area contributed by atoms with Crippen molar-refractivity contribution in [2.75, 3.05) is 6.54 Å². The monoisotopic (exact) mass is 437 g/mol. The third-order valence-corrected chi connectivity index (χ3v) is 5.02. The lowest BCUT2D eigenvalue weighted by Crippen LogP contribution is -2.40. The number of hydrogen-bond donors (Lipinski definition) is 0. The lowest BCUT2D eigenvalue weighted by Gasteiger charge is -2.28. The maximum Gasteiger partial charge on any atom is 0.573 e. The zero-order valence-electron chi connectivity index (χ0n) is 15.4. The molecule has 0 radical (unpaired) electrons. The molecule has 3 aromatic rings. The number of pyridine rings is 1. The van der Waals surface area contributed by atoms with E-state index in [2.05, 4.69) is 9.72 Å². The highest BCUT2D eigenvalue weighted by atomic mass is 35.5. The van der Waals surface area contributed by atoms with Gasteiger partial charge in [0.2, 0.25) is 5.91 Å². The van der Waals surface area contributed by atoms with E-state index < -0.39 is 6.36 Å². The van der Waals surface area contributed by atoms with Crippen molar-refractivity contribution in [1.29, 1.82) is 0 Å². The molecule has 2 aromatic heterocycles. The van der Waals surface area contributed by atoms with Crippen LogP contribution < -0.4 is 10.3 Å². The molecule has 1 aliphatic rings. The molecular formula is C20H15ClF3N3O3. The summed E-state index contributed by atoms with van der Waals surface area (Å²) in [6.45, 7) is 0.516. The number of halogens is 4. The Balaban J connectivity index is 1.50. The number of aromatic nitrogens is 2. The highest BCUT2D eigenvalue weighted by molar-refractivity contribution is 6.30. The van der Waals surface area contributed by atoms with E-state index in [9.17, 15) is 22.8 Å². The molecule has 0 N–H and O–H groups in total. The van der Waals surface area contributed by atoms with Crippen LogP contribution in [0.1, 0.15) is 16.8 Å². The molecule has 0 fully saturated rings. The Kier molecular flexibility index (Phi) is 5.15. The number of nitrogens with zero attached hydrogens (tertiary/aromatic N) is 3. The molecule has 0 bridgehead atoms. The molecule has 1 aromatic carbocycles. The predicted molar refractivity (Wildman–Crippen MR) is 102 cm³/mol. The third kappa shape index (κ3) is 4.25. The molecule has 0 unspecified atom stereocenters. The summed E-state index contributed by atoms with van der Waals surface area (Å²) in [5.41, 5.74) is 1.84. The van der Waals surface area contributed by atoms with Crippen LogP contribution >= 0.6 is 11.6 Å². The van der Waals surface area contributed by atoms with Crippen LogP contribution in [0.15, 0.2) is 47.4 Å². The Hall–Kier alpha value is -3.07. The minimum atomic E-state index is -4.77. The maximum atomic E-state index is 12.8. The summed E-state index contributed by atoms with van der Waals surface area (Å²) in [7, 11) is 0. The van der Waals surface area contributed by atoms with E-state index in [1.807, 2.05) is 0 Å². The molecule has 10 heteroatoms. The van der Waals surface area contributed by atoms with Gasteiger partial charge < -0.3 is 9.64 Å². The molecule has 1 amide bonds. The van der Waals surface area contributed by atoms with Crippen LogP contribution in [-0.2, 0) is 24.2 Å². The first-order chi connectivity index (χ1) is 14.2. The van der Waals surface area contributed by atoms with E-state index in [0.717, 1.165) is 12.1 Å². The maximum absolute atomic E-state index is 12.8. The Bertz CT molecular complexity index is 1180. The van der Waals surface area contributed by atoms with Gasteiger partial charge in [0.05, 0.1) is 29.2 Å². The minimum absolute atomic E-state index is 0.00416. The quantitative estimate of drug-likeness (QED) is 0.630. The van der Waals surface area contributed by atoms with Crippen LogP contribution in [0.3, 0.4) is 0 Å². The van der Waals surface area contributed by atoms with Crippen LogP contribution in [0.5, 0.6) is 5.75 Å². The van der Waals surface area contributed by atoms with Crippen LogP contribution in [-0.4, -0.2) is 33.1 Å². The summed E-state index contributed by atoms with van der Waals surface area (Å²) in [6.07, 6.45) is -2.85. The van der Waals surface area contributed by atoms with Crippen LogP contribution in [0.25, 0.3) is 5.65 Å². The first-order valence-corrected chi connectivity index (χ1v) is 9.39. The Morgan fingerprint density at radius 1 is 1.17 bits per heavy atom.